The summed E-state index contributed by atoms with van der Waals surface area (Å²) in [4.78, 5) is 8.10. The van der Waals surface area contributed by atoms with Gasteiger partial charge in [-0.25, -0.2) is 9.97 Å². The molecule has 0 saturated carbocycles. The second-order valence-electron chi connectivity index (χ2n) is 3.79. The van der Waals surface area contributed by atoms with E-state index in [4.69, 9.17) is 11.6 Å². The molecule has 0 aliphatic heterocycles. The maximum absolute atomic E-state index is 5.86. The van der Waals surface area contributed by atoms with Gasteiger partial charge in [0.25, 0.3) is 0 Å². The van der Waals surface area contributed by atoms with Gasteiger partial charge >= 0.3 is 0 Å². The Morgan fingerprint density at radius 3 is 2.47 bits per heavy atom. The Balaban J connectivity index is 2.18. The van der Waals surface area contributed by atoms with E-state index in [9.17, 15) is 0 Å². The highest BCUT2D eigenvalue weighted by atomic mass is 35.5. The zero-order valence-electron chi connectivity index (χ0n) is 8.97. The van der Waals surface area contributed by atoms with Crippen LogP contribution < -0.4 is 0 Å². The molecule has 1 aromatic heterocycles. The molecule has 0 atom stereocenters. The summed E-state index contributed by atoms with van der Waals surface area (Å²) in [5, 5.41) is 2.87. The van der Waals surface area contributed by atoms with Crippen molar-refractivity contribution in [1.82, 2.24) is 9.97 Å². The van der Waals surface area contributed by atoms with E-state index in [2.05, 4.69) is 34.2 Å². The summed E-state index contributed by atoms with van der Waals surface area (Å²) in [5.41, 5.74) is 1.89. The normalized spacial score (nSPS) is 10.6. The first kappa shape index (κ1) is 10.2. The molecule has 0 unspecified atom stereocenters. The van der Waals surface area contributed by atoms with Crippen LogP contribution in [0.2, 0.25) is 5.15 Å². The molecule has 0 N–H and O–H groups in total. The monoisotopic (exact) mass is 240 g/mol. The van der Waals surface area contributed by atoms with Gasteiger partial charge in [0.1, 0.15) is 11.5 Å². The summed E-state index contributed by atoms with van der Waals surface area (Å²) in [6.07, 6.45) is 1.48. The number of benzene rings is 2. The van der Waals surface area contributed by atoms with Gasteiger partial charge in [0, 0.05) is 11.6 Å². The number of rotatable bonds is 1. The molecule has 0 aliphatic carbocycles. The van der Waals surface area contributed by atoms with Crippen molar-refractivity contribution < 1.29 is 0 Å². The Kier molecular flexibility index (Phi) is 2.50. The van der Waals surface area contributed by atoms with Crippen LogP contribution in [0.25, 0.3) is 22.0 Å². The average molecular weight is 241 g/mol. The zero-order chi connectivity index (χ0) is 11.7. The maximum atomic E-state index is 5.86. The van der Waals surface area contributed by atoms with Crippen molar-refractivity contribution in [3.8, 4) is 11.3 Å². The molecular weight excluding hydrogens is 232 g/mol. The predicted octanol–water partition coefficient (Wildman–Crippen LogP) is 3.95. The van der Waals surface area contributed by atoms with Crippen LogP contribution in [0.1, 0.15) is 0 Å². The number of hydrogen-bond acceptors (Lipinski definition) is 2. The summed E-state index contributed by atoms with van der Waals surface area (Å²) in [6.45, 7) is 0. The largest absolute Gasteiger partial charge is 0.236 e. The van der Waals surface area contributed by atoms with Gasteiger partial charge in [-0.15, -0.1) is 0 Å². The number of halogens is 1. The Labute approximate surface area is 104 Å². The van der Waals surface area contributed by atoms with E-state index in [1.165, 1.54) is 17.1 Å². The van der Waals surface area contributed by atoms with E-state index in [1.807, 2.05) is 18.2 Å². The van der Waals surface area contributed by atoms with Crippen LogP contribution >= 0.6 is 11.6 Å². The Bertz CT molecular complexity index is 680. The lowest BCUT2D eigenvalue weighted by molar-refractivity contribution is 1.17. The smallest absolute Gasteiger partial charge is 0.133 e. The van der Waals surface area contributed by atoms with Crippen molar-refractivity contribution in [2.75, 3.05) is 0 Å². The molecule has 0 fully saturated rings. The minimum absolute atomic E-state index is 0.461. The SMILES string of the molecule is Clc1cc(-c2ccc3ccccc3c2)ncn1. The third-order valence-corrected chi connectivity index (χ3v) is 2.89. The predicted molar refractivity (Wildman–Crippen MR) is 70.0 cm³/mol. The van der Waals surface area contributed by atoms with Crippen molar-refractivity contribution in [2.24, 2.45) is 0 Å². The highest BCUT2D eigenvalue weighted by Crippen LogP contribution is 2.23. The van der Waals surface area contributed by atoms with E-state index in [0.29, 0.717) is 5.15 Å². The Morgan fingerprint density at radius 1 is 0.824 bits per heavy atom. The Morgan fingerprint density at radius 2 is 1.65 bits per heavy atom. The number of fused-ring (bicyclic) bond motifs is 1. The van der Waals surface area contributed by atoms with Crippen LogP contribution in [0.15, 0.2) is 54.9 Å². The quantitative estimate of drug-likeness (QED) is 0.602. The molecule has 0 spiro atoms. The summed E-state index contributed by atoms with van der Waals surface area (Å²) >= 11 is 5.86. The second-order valence-corrected chi connectivity index (χ2v) is 4.18. The molecular formula is C14H9ClN2. The second kappa shape index (κ2) is 4.15. The third-order valence-electron chi connectivity index (χ3n) is 2.68. The zero-order valence-corrected chi connectivity index (χ0v) is 9.72. The highest BCUT2D eigenvalue weighted by Gasteiger charge is 2.01. The van der Waals surface area contributed by atoms with Crippen molar-refractivity contribution in [2.45, 2.75) is 0 Å². The van der Waals surface area contributed by atoms with E-state index in [-0.39, 0.29) is 0 Å². The van der Waals surface area contributed by atoms with Crippen molar-refractivity contribution >= 4 is 22.4 Å². The maximum Gasteiger partial charge on any atom is 0.133 e. The molecule has 1 heterocycles. The lowest BCUT2D eigenvalue weighted by Gasteiger charge is -2.03. The van der Waals surface area contributed by atoms with Gasteiger partial charge in [-0.3, -0.25) is 0 Å². The first-order chi connectivity index (χ1) is 8.33. The third kappa shape index (κ3) is 1.99. The Hall–Kier alpha value is -1.93. The summed E-state index contributed by atoms with van der Waals surface area (Å²) < 4.78 is 0. The molecule has 3 rings (SSSR count). The molecule has 3 heteroatoms. The molecule has 0 aliphatic rings. The molecule has 0 amide bonds. The van der Waals surface area contributed by atoms with Crippen LogP contribution in [0.3, 0.4) is 0 Å². The average Bonchev–Trinajstić information content (AvgIpc) is 2.38. The number of hydrogen-bond donors (Lipinski definition) is 0. The van der Waals surface area contributed by atoms with E-state index in [1.54, 1.807) is 6.07 Å². The lowest BCUT2D eigenvalue weighted by atomic mass is 10.1. The number of aromatic nitrogens is 2. The van der Waals surface area contributed by atoms with Gasteiger partial charge in [-0.1, -0.05) is 48.0 Å². The molecule has 2 aromatic carbocycles. The fourth-order valence-corrected chi connectivity index (χ4v) is 1.99. The summed E-state index contributed by atoms with van der Waals surface area (Å²) in [6, 6.07) is 16.2. The minimum atomic E-state index is 0.461. The molecule has 3 aromatic rings. The molecule has 82 valence electrons. The highest BCUT2D eigenvalue weighted by molar-refractivity contribution is 6.29. The summed E-state index contributed by atoms with van der Waals surface area (Å²) in [5.74, 6) is 0. The molecule has 0 bridgehead atoms. The van der Waals surface area contributed by atoms with Gasteiger partial charge in [-0.05, 0) is 16.8 Å². The van der Waals surface area contributed by atoms with Crippen molar-refractivity contribution in [3.63, 3.8) is 0 Å². The number of nitrogens with zero attached hydrogens (tertiary/aromatic N) is 2. The van der Waals surface area contributed by atoms with E-state index in [0.717, 1.165) is 11.3 Å². The van der Waals surface area contributed by atoms with E-state index >= 15 is 0 Å². The molecule has 2 nitrogen and oxygen atoms in total. The van der Waals surface area contributed by atoms with Crippen LogP contribution in [0, 0.1) is 0 Å². The summed E-state index contributed by atoms with van der Waals surface area (Å²) in [7, 11) is 0. The first-order valence-corrected chi connectivity index (χ1v) is 5.67. The van der Waals surface area contributed by atoms with Crippen molar-refractivity contribution in [1.29, 1.82) is 0 Å². The molecule has 0 saturated heterocycles. The minimum Gasteiger partial charge on any atom is -0.236 e. The van der Waals surface area contributed by atoms with Crippen LogP contribution in [0.5, 0.6) is 0 Å². The fourth-order valence-electron chi connectivity index (χ4n) is 1.84. The van der Waals surface area contributed by atoms with Gasteiger partial charge in [0.15, 0.2) is 0 Å². The fraction of sp³-hybridized carbons (Fsp3) is 0. The topological polar surface area (TPSA) is 25.8 Å². The van der Waals surface area contributed by atoms with Crippen LogP contribution in [-0.4, -0.2) is 9.97 Å². The van der Waals surface area contributed by atoms with Crippen LogP contribution in [0.4, 0.5) is 0 Å². The van der Waals surface area contributed by atoms with E-state index < -0.39 is 0 Å². The van der Waals surface area contributed by atoms with Crippen LogP contribution in [-0.2, 0) is 0 Å². The molecule has 0 radical (unpaired) electrons. The van der Waals surface area contributed by atoms with Gasteiger partial charge in [0.05, 0.1) is 5.69 Å². The first-order valence-electron chi connectivity index (χ1n) is 5.30. The molecule has 17 heavy (non-hydrogen) atoms. The van der Waals surface area contributed by atoms with Gasteiger partial charge < -0.3 is 0 Å². The standard InChI is InChI=1S/C14H9ClN2/c15-14-8-13(16-9-17-14)12-6-5-10-3-1-2-4-11(10)7-12/h1-9H. The van der Waals surface area contributed by atoms with Crippen molar-refractivity contribution in [3.05, 3.63) is 60.0 Å². The van der Waals surface area contributed by atoms with Gasteiger partial charge in [0.2, 0.25) is 0 Å². The van der Waals surface area contributed by atoms with Gasteiger partial charge in [-0.2, -0.15) is 0 Å². The lowest BCUT2D eigenvalue weighted by Crippen LogP contribution is -1.85.